The molecule has 0 aliphatic rings. The average Bonchev–Trinajstić information content (AvgIpc) is 2.86. The van der Waals surface area contributed by atoms with Crippen LogP contribution < -0.4 is 5.32 Å². The molecule has 0 fully saturated rings. The number of hydrogen-bond acceptors (Lipinski definition) is 4. The fraction of sp³-hybridized carbons (Fsp3) is 0.667. The molecule has 0 aliphatic heterocycles. The number of carbonyl (C=O) groups excluding carboxylic acids is 2. The molecule has 1 amide bonds. The van der Waals surface area contributed by atoms with Crippen LogP contribution in [-0.2, 0) is 20.9 Å². The summed E-state index contributed by atoms with van der Waals surface area (Å²) in [6, 6.07) is 0. The molecule has 1 aromatic heterocycles. The van der Waals surface area contributed by atoms with E-state index in [0.717, 1.165) is 13.0 Å². The van der Waals surface area contributed by atoms with Gasteiger partial charge in [-0.3, -0.25) is 9.59 Å². The number of aromatic nitrogens is 2. The quantitative estimate of drug-likeness (QED) is 0.471. The van der Waals surface area contributed by atoms with Gasteiger partial charge in [0, 0.05) is 25.5 Å². The molecule has 1 atom stereocenters. The van der Waals surface area contributed by atoms with Crippen LogP contribution in [0, 0.1) is 11.3 Å². The van der Waals surface area contributed by atoms with Gasteiger partial charge < -0.3 is 14.6 Å². The van der Waals surface area contributed by atoms with Crippen molar-refractivity contribution in [1.82, 2.24) is 14.9 Å². The van der Waals surface area contributed by atoms with Crippen LogP contribution >= 0.6 is 0 Å². The lowest BCUT2D eigenvalue weighted by Crippen LogP contribution is -2.44. The van der Waals surface area contributed by atoms with Crippen molar-refractivity contribution in [3.05, 3.63) is 18.7 Å². The van der Waals surface area contributed by atoms with Gasteiger partial charge in [-0.05, 0) is 18.8 Å². The Bertz CT molecular complexity index is 449. The van der Waals surface area contributed by atoms with E-state index >= 15 is 0 Å². The molecule has 0 spiro atoms. The lowest BCUT2D eigenvalue weighted by Gasteiger charge is -2.27. The highest BCUT2D eigenvalue weighted by molar-refractivity contribution is 5.98. The van der Waals surface area contributed by atoms with Crippen LogP contribution in [0.25, 0.3) is 0 Å². The second kappa shape index (κ2) is 7.81. The van der Waals surface area contributed by atoms with Gasteiger partial charge in [0.15, 0.2) is 0 Å². The van der Waals surface area contributed by atoms with Gasteiger partial charge in [0.25, 0.3) is 0 Å². The Labute approximate surface area is 125 Å². The summed E-state index contributed by atoms with van der Waals surface area (Å²) in [7, 11) is 0. The summed E-state index contributed by atoms with van der Waals surface area (Å²) >= 11 is 0. The third-order valence-corrected chi connectivity index (χ3v) is 3.10. The van der Waals surface area contributed by atoms with Crippen LogP contribution in [0.15, 0.2) is 18.7 Å². The summed E-state index contributed by atoms with van der Waals surface area (Å²) in [4.78, 5) is 28.1. The number of esters is 1. The van der Waals surface area contributed by atoms with E-state index in [0.29, 0.717) is 6.54 Å². The van der Waals surface area contributed by atoms with Gasteiger partial charge in [-0.15, -0.1) is 0 Å². The third-order valence-electron chi connectivity index (χ3n) is 3.10. The maximum Gasteiger partial charge on any atom is 0.319 e. The summed E-state index contributed by atoms with van der Waals surface area (Å²) in [5, 5.41) is 2.82. The Morgan fingerprint density at radius 3 is 2.62 bits per heavy atom. The van der Waals surface area contributed by atoms with Crippen molar-refractivity contribution in [2.45, 2.75) is 40.7 Å². The normalized spacial score (nSPS) is 12.8. The van der Waals surface area contributed by atoms with Crippen molar-refractivity contribution in [2.24, 2.45) is 11.3 Å². The predicted octanol–water partition coefficient (Wildman–Crippen LogP) is 1.61. The van der Waals surface area contributed by atoms with Gasteiger partial charge >= 0.3 is 5.97 Å². The van der Waals surface area contributed by atoms with E-state index in [1.807, 2.05) is 31.5 Å². The minimum atomic E-state index is -0.786. The van der Waals surface area contributed by atoms with Crippen LogP contribution in [0.5, 0.6) is 0 Å². The molecule has 21 heavy (non-hydrogen) atoms. The van der Waals surface area contributed by atoms with E-state index in [1.165, 1.54) is 0 Å². The van der Waals surface area contributed by atoms with Crippen molar-refractivity contribution in [2.75, 3.05) is 13.2 Å². The van der Waals surface area contributed by atoms with E-state index in [2.05, 4.69) is 10.3 Å². The van der Waals surface area contributed by atoms with Gasteiger partial charge in [0.1, 0.15) is 5.92 Å². The highest BCUT2D eigenvalue weighted by atomic mass is 16.5. The number of amides is 1. The van der Waals surface area contributed by atoms with E-state index < -0.39 is 17.3 Å². The van der Waals surface area contributed by atoms with Crippen molar-refractivity contribution in [3.63, 3.8) is 0 Å². The zero-order valence-corrected chi connectivity index (χ0v) is 13.3. The molecule has 0 aromatic carbocycles. The second-order valence-electron chi connectivity index (χ2n) is 6.00. The molecular formula is C15H25N3O3. The maximum atomic E-state index is 12.2. The van der Waals surface area contributed by atoms with Crippen molar-refractivity contribution >= 4 is 11.9 Å². The van der Waals surface area contributed by atoms with E-state index in [1.54, 1.807) is 19.4 Å². The van der Waals surface area contributed by atoms with Gasteiger partial charge in [-0.2, -0.15) is 0 Å². The Balaban J connectivity index is 2.47. The molecule has 6 nitrogen and oxygen atoms in total. The minimum absolute atomic E-state index is 0.272. The lowest BCUT2D eigenvalue weighted by molar-refractivity contribution is -0.156. The van der Waals surface area contributed by atoms with E-state index in [9.17, 15) is 9.59 Å². The van der Waals surface area contributed by atoms with E-state index in [4.69, 9.17) is 4.74 Å². The minimum Gasteiger partial charge on any atom is -0.465 e. The topological polar surface area (TPSA) is 73.2 Å². The third kappa shape index (κ3) is 5.57. The highest BCUT2D eigenvalue weighted by Gasteiger charge is 2.38. The van der Waals surface area contributed by atoms with Crippen molar-refractivity contribution in [3.8, 4) is 0 Å². The molecule has 0 bridgehead atoms. The predicted molar refractivity (Wildman–Crippen MR) is 79.4 cm³/mol. The Morgan fingerprint density at radius 1 is 1.38 bits per heavy atom. The summed E-state index contributed by atoms with van der Waals surface area (Å²) in [5.41, 5.74) is -0.472. The molecule has 1 unspecified atom stereocenters. The Morgan fingerprint density at radius 2 is 2.10 bits per heavy atom. The first-order valence-corrected chi connectivity index (χ1v) is 7.26. The summed E-state index contributed by atoms with van der Waals surface area (Å²) in [5.74, 6) is -1.52. The largest absolute Gasteiger partial charge is 0.465 e. The SMILES string of the molecule is CCOC(=O)C(C(=O)NCCCn1ccnc1)C(C)(C)C. The summed E-state index contributed by atoms with van der Waals surface area (Å²) < 4.78 is 6.95. The summed E-state index contributed by atoms with van der Waals surface area (Å²) in [6.45, 7) is 8.89. The number of hydrogen-bond donors (Lipinski definition) is 1. The Hall–Kier alpha value is -1.85. The molecule has 1 aromatic rings. The molecule has 0 aliphatic carbocycles. The highest BCUT2D eigenvalue weighted by Crippen LogP contribution is 2.27. The van der Waals surface area contributed by atoms with Crippen molar-refractivity contribution < 1.29 is 14.3 Å². The fourth-order valence-corrected chi connectivity index (χ4v) is 2.07. The number of nitrogens with zero attached hydrogens (tertiary/aromatic N) is 2. The van der Waals surface area contributed by atoms with Crippen LogP contribution in [0.2, 0.25) is 0 Å². The van der Waals surface area contributed by atoms with Crippen LogP contribution in [0.1, 0.15) is 34.1 Å². The number of aryl methyl sites for hydroxylation is 1. The number of nitrogens with one attached hydrogen (secondary N) is 1. The first-order chi connectivity index (χ1) is 9.86. The molecule has 6 heteroatoms. The van der Waals surface area contributed by atoms with Gasteiger partial charge in [-0.1, -0.05) is 20.8 Å². The van der Waals surface area contributed by atoms with E-state index in [-0.39, 0.29) is 12.5 Å². The number of rotatable bonds is 7. The zero-order valence-electron chi connectivity index (χ0n) is 13.3. The molecule has 1 heterocycles. The van der Waals surface area contributed by atoms with Gasteiger partial charge in [-0.25, -0.2) is 4.98 Å². The molecule has 0 saturated heterocycles. The van der Waals surface area contributed by atoms with Gasteiger partial charge in [0.2, 0.25) is 5.91 Å². The standard InChI is InChI=1S/C15H25N3O3/c1-5-21-14(20)12(15(2,3)4)13(19)17-7-6-9-18-10-8-16-11-18/h8,10-12H,5-7,9H2,1-4H3,(H,17,19). The number of carbonyl (C=O) groups is 2. The van der Waals surface area contributed by atoms with Gasteiger partial charge in [0.05, 0.1) is 12.9 Å². The smallest absolute Gasteiger partial charge is 0.319 e. The Kier molecular flexibility index (Phi) is 6.39. The molecule has 0 saturated carbocycles. The van der Waals surface area contributed by atoms with Crippen LogP contribution in [0.4, 0.5) is 0 Å². The van der Waals surface area contributed by atoms with Crippen molar-refractivity contribution in [1.29, 1.82) is 0 Å². The molecule has 1 N–H and O–H groups in total. The lowest BCUT2D eigenvalue weighted by atomic mass is 9.80. The number of imidazole rings is 1. The summed E-state index contributed by atoms with van der Waals surface area (Å²) in [6.07, 6.45) is 6.10. The maximum absolute atomic E-state index is 12.2. The average molecular weight is 295 g/mol. The molecular weight excluding hydrogens is 270 g/mol. The fourth-order valence-electron chi connectivity index (χ4n) is 2.07. The van der Waals surface area contributed by atoms with Crippen LogP contribution in [0.3, 0.4) is 0 Å². The monoisotopic (exact) mass is 295 g/mol. The number of ether oxygens (including phenoxy) is 1. The first-order valence-electron chi connectivity index (χ1n) is 7.26. The second-order valence-corrected chi connectivity index (χ2v) is 6.00. The molecule has 118 valence electrons. The zero-order chi connectivity index (χ0) is 15.9. The van der Waals surface area contributed by atoms with Crippen LogP contribution in [-0.4, -0.2) is 34.6 Å². The molecule has 1 rings (SSSR count). The molecule has 0 radical (unpaired) electrons. The first kappa shape index (κ1) is 17.2.